The first-order valence-corrected chi connectivity index (χ1v) is 13.3. The normalized spacial score (nSPS) is 12.7. The van der Waals surface area contributed by atoms with Crippen LogP contribution in [0.2, 0.25) is 0 Å². The number of pyridine rings is 1. The van der Waals surface area contributed by atoms with E-state index in [0.717, 1.165) is 0 Å². The molecule has 37 heavy (non-hydrogen) atoms. The summed E-state index contributed by atoms with van der Waals surface area (Å²) in [6.45, 7) is 7.29. The van der Waals surface area contributed by atoms with Gasteiger partial charge in [0.15, 0.2) is 0 Å². The Morgan fingerprint density at radius 2 is 1.86 bits per heavy atom. The van der Waals surface area contributed by atoms with Crippen molar-refractivity contribution in [1.82, 2.24) is 9.88 Å². The average Bonchev–Trinajstić information content (AvgIpc) is 2.87. The van der Waals surface area contributed by atoms with Gasteiger partial charge in [0.2, 0.25) is 11.6 Å². The van der Waals surface area contributed by atoms with E-state index < -0.39 is 27.5 Å². The van der Waals surface area contributed by atoms with Crippen LogP contribution in [0.5, 0.6) is 0 Å². The molecule has 3 aromatic rings. The highest BCUT2D eigenvalue weighted by Gasteiger charge is 2.21. The molecule has 7 nitrogen and oxygen atoms in total. The first kappa shape index (κ1) is 27.7. The van der Waals surface area contributed by atoms with Gasteiger partial charge in [-0.05, 0) is 50.1 Å². The topological polar surface area (TPSA) is 104 Å². The molecule has 3 rings (SSSR count). The summed E-state index contributed by atoms with van der Waals surface area (Å²) in [6, 6.07) is 12.0. The molecule has 0 saturated heterocycles. The first-order valence-electron chi connectivity index (χ1n) is 11.7. The molecule has 0 aliphatic carbocycles. The number of nitrogens with zero attached hydrogens (tertiary/aromatic N) is 3. The van der Waals surface area contributed by atoms with Crippen LogP contribution in [0.3, 0.4) is 0 Å². The lowest BCUT2D eigenvalue weighted by Crippen LogP contribution is -2.31. The molecule has 0 saturated carbocycles. The van der Waals surface area contributed by atoms with Gasteiger partial charge in [-0.25, -0.2) is 13.0 Å². The molecule has 2 aromatic carbocycles. The average molecular weight is 527 g/mol. The van der Waals surface area contributed by atoms with Crippen LogP contribution in [0.15, 0.2) is 68.8 Å². The summed E-state index contributed by atoms with van der Waals surface area (Å²) >= 11 is 0. The zero-order valence-electron chi connectivity index (χ0n) is 21.0. The van der Waals surface area contributed by atoms with Crippen LogP contribution < -0.4 is 10.7 Å². The van der Waals surface area contributed by atoms with Crippen LogP contribution >= 0.6 is 0 Å². The van der Waals surface area contributed by atoms with Crippen molar-refractivity contribution in [3.8, 4) is 17.3 Å². The van der Waals surface area contributed by atoms with E-state index in [1.165, 1.54) is 24.4 Å². The number of rotatable bonds is 8. The van der Waals surface area contributed by atoms with Gasteiger partial charge in [-0.3, -0.25) is 9.59 Å². The predicted octanol–water partition coefficient (Wildman–Crippen LogP) is 5.60. The van der Waals surface area contributed by atoms with Crippen molar-refractivity contribution in [2.24, 2.45) is 4.36 Å². The quantitative estimate of drug-likeness (QED) is 0.386. The summed E-state index contributed by atoms with van der Waals surface area (Å²) in [5.74, 6) is -0.416. The van der Waals surface area contributed by atoms with Crippen LogP contribution in [-0.2, 0) is 16.3 Å². The molecule has 0 aliphatic heterocycles. The fourth-order valence-electron chi connectivity index (χ4n) is 4.04. The maximum absolute atomic E-state index is 13.4. The standard InChI is InChI=1S/C27H28F2N4O3S/c1-5-37(36,32-16-30)22-11-9-19(10-12-22)14-31-27(35)23-15-33(17(2)3)18(4)24(25(23)34)20-7-6-8-21(13-20)26(28)29/h6-13,15,17,26H,5,14H2,1-4H3,(H,31,35). The van der Waals surface area contributed by atoms with Crippen molar-refractivity contribution in [1.29, 1.82) is 5.26 Å². The minimum Gasteiger partial charge on any atom is -0.348 e. The van der Waals surface area contributed by atoms with Crippen molar-refractivity contribution < 1.29 is 17.8 Å². The molecule has 0 fully saturated rings. The number of hydrogen-bond acceptors (Lipinski definition) is 5. The second kappa shape index (κ2) is 11.5. The number of halogens is 2. The Labute approximate surface area is 214 Å². The van der Waals surface area contributed by atoms with Crippen LogP contribution in [0.1, 0.15) is 60.4 Å². The van der Waals surface area contributed by atoms with Gasteiger partial charge >= 0.3 is 0 Å². The van der Waals surface area contributed by atoms with Gasteiger partial charge < -0.3 is 9.88 Å². The van der Waals surface area contributed by atoms with E-state index in [1.807, 2.05) is 13.8 Å². The minimum absolute atomic E-state index is 0.0903. The number of hydrogen-bond donors (Lipinski definition) is 1. The van der Waals surface area contributed by atoms with Crippen molar-refractivity contribution in [3.05, 3.63) is 87.3 Å². The molecule has 10 heteroatoms. The summed E-state index contributed by atoms with van der Waals surface area (Å²) in [6.07, 6.45) is 0.398. The van der Waals surface area contributed by atoms with Gasteiger partial charge in [-0.1, -0.05) is 37.3 Å². The van der Waals surface area contributed by atoms with E-state index in [4.69, 9.17) is 5.26 Å². The zero-order valence-corrected chi connectivity index (χ0v) is 21.8. The largest absolute Gasteiger partial charge is 0.348 e. The Hall–Kier alpha value is -3.84. The van der Waals surface area contributed by atoms with Gasteiger partial charge in [0.25, 0.3) is 12.3 Å². The number of aromatic nitrogens is 1. The summed E-state index contributed by atoms with van der Waals surface area (Å²) in [5.41, 5.74) is 0.921. The number of amides is 1. The predicted molar refractivity (Wildman–Crippen MR) is 139 cm³/mol. The lowest BCUT2D eigenvalue weighted by atomic mass is 9.98. The monoisotopic (exact) mass is 526 g/mol. The number of benzene rings is 2. The van der Waals surface area contributed by atoms with E-state index in [-0.39, 0.29) is 35.0 Å². The van der Waals surface area contributed by atoms with E-state index >= 15 is 0 Å². The summed E-state index contributed by atoms with van der Waals surface area (Å²) in [7, 11) is -2.82. The van der Waals surface area contributed by atoms with Crippen LogP contribution in [0.25, 0.3) is 11.1 Å². The summed E-state index contributed by atoms with van der Waals surface area (Å²) < 4.78 is 44.7. The molecular formula is C27H28F2N4O3S. The van der Waals surface area contributed by atoms with Crippen LogP contribution in [0, 0.1) is 18.4 Å². The third kappa shape index (κ3) is 5.94. The highest BCUT2D eigenvalue weighted by atomic mass is 32.2. The molecule has 1 atom stereocenters. The molecule has 1 unspecified atom stereocenters. The van der Waals surface area contributed by atoms with Gasteiger partial charge in [-0.15, -0.1) is 4.36 Å². The Balaban J connectivity index is 1.95. The van der Waals surface area contributed by atoms with Crippen molar-refractivity contribution >= 4 is 15.6 Å². The molecule has 1 aromatic heterocycles. The lowest BCUT2D eigenvalue weighted by Gasteiger charge is -2.20. The van der Waals surface area contributed by atoms with Gasteiger partial charge in [0, 0.05) is 46.3 Å². The molecular weight excluding hydrogens is 498 g/mol. The van der Waals surface area contributed by atoms with Crippen molar-refractivity contribution in [2.75, 3.05) is 5.75 Å². The van der Waals surface area contributed by atoms with E-state index in [2.05, 4.69) is 9.68 Å². The van der Waals surface area contributed by atoms with Crippen molar-refractivity contribution in [2.45, 2.75) is 51.6 Å². The Bertz CT molecular complexity index is 1530. The summed E-state index contributed by atoms with van der Waals surface area (Å²) in [4.78, 5) is 26.9. The number of carbonyl (C=O) groups excluding carboxylic acids is 1. The highest BCUT2D eigenvalue weighted by molar-refractivity contribution is 7.93. The van der Waals surface area contributed by atoms with E-state index in [1.54, 1.807) is 54.9 Å². The zero-order chi connectivity index (χ0) is 27.3. The second-order valence-corrected chi connectivity index (χ2v) is 11.2. The second-order valence-electron chi connectivity index (χ2n) is 8.71. The molecule has 1 heterocycles. The number of nitrogens with one attached hydrogen (secondary N) is 1. The molecule has 0 radical (unpaired) electrons. The van der Waals surface area contributed by atoms with Gasteiger partial charge in [0.1, 0.15) is 5.56 Å². The molecule has 1 amide bonds. The number of nitriles is 1. The fourth-order valence-corrected chi connectivity index (χ4v) is 5.30. The SMILES string of the molecule is CCS(=O)(=NC#N)c1ccc(CNC(=O)c2cn(C(C)C)c(C)c(-c3cccc(C(F)F)c3)c2=O)cc1. The van der Waals surface area contributed by atoms with E-state index in [0.29, 0.717) is 21.7 Å². The highest BCUT2D eigenvalue weighted by Crippen LogP contribution is 2.27. The van der Waals surface area contributed by atoms with Gasteiger partial charge in [0.05, 0.1) is 9.73 Å². The fraction of sp³-hybridized carbons (Fsp3) is 0.296. The molecule has 194 valence electrons. The Kier molecular flexibility index (Phi) is 8.61. The number of carbonyl (C=O) groups is 1. The maximum Gasteiger partial charge on any atom is 0.263 e. The minimum atomic E-state index is -2.82. The van der Waals surface area contributed by atoms with Gasteiger partial charge in [-0.2, -0.15) is 5.26 Å². The third-order valence-electron chi connectivity index (χ3n) is 6.04. The molecule has 0 bridgehead atoms. The molecule has 0 aliphatic rings. The Morgan fingerprint density at radius 3 is 2.43 bits per heavy atom. The summed E-state index contributed by atoms with van der Waals surface area (Å²) in [5, 5.41) is 11.5. The first-order chi connectivity index (χ1) is 17.5. The lowest BCUT2D eigenvalue weighted by molar-refractivity contribution is 0.0949. The number of alkyl halides is 2. The molecule has 1 N–H and O–H groups in total. The smallest absolute Gasteiger partial charge is 0.263 e. The maximum atomic E-state index is 13.4. The van der Waals surface area contributed by atoms with Crippen LogP contribution in [-0.4, -0.2) is 20.4 Å². The van der Waals surface area contributed by atoms with Crippen molar-refractivity contribution in [3.63, 3.8) is 0 Å². The molecule has 0 spiro atoms. The third-order valence-corrected chi connectivity index (χ3v) is 8.21. The van der Waals surface area contributed by atoms with Crippen LogP contribution in [0.4, 0.5) is 8.78 Å². The Morgan fingerprint density at radius 1 is 1.19 bits per heavy atom. The van der Waals surface area contributed by atoms with E-state index in [9.17, 15) is 22.6 Å².